The molecule has 0 amide bonds. The van der Waals surface area contributed by atoms with E-state index in [-0.39, 0.29) is 0 Å². The molecule has 76 valence electrons. The van der Waals surface area contributed by atoms with Crippen LogP contribution in [0.5, 0.6) is 0 Å². The van der Waals surface area contributed by atoms with Crippen molar-refractivity contribution in [3.63, 3.8) is 0 Å². The second-order valence-corrected chi connectivity index (χ2v) is 5.33. The zero-order valence-corrected chi connectivity index (χ0v) is 11.5. The minimum absolute atomic E-state index is 0.322. The van der Waals surface area contributed by atoms with Gasteiger partial charge in [-0.25, -0.2) is 0 Å². The minimum atomic E-state index is 0.322. The van der Waals surface area contributed by atoms with Gasteiger partial charge in [0.15, 0.2) is 0 Å². The highest BCUT2D eigenvalue weighted by Gasteiger charge is 2.25. The van der Waals surface area contributed by atoms with Crippen molar-refractivity contribution in [1.82, 2.24) is 0 Å². The molecule has 14 heavy (non-hydrogen) atoms. The van der Waals surface area contributed by atoms with Crippen molar-refractivity contribution >= 4 is 38.5 Å². The van der Waals surface area contributed by atoms with E-state index in [2.05, 4.69) is 62.8 Å². The molecule has 1 saturated heterocycles. The number of alkyl halides is 1. The normalized spacial score (nSPS) is 26.7. The lowest BCUT2D eigenvalue weighted by molar-refractivity contribution is 0.0597. The third-order valence-electron chi connectivity index (χ3n) is 2.52. The van der Waals surface area contributed by atoms with E-state index in [0.29, 0.717) is 12.2 Å². The van der Waals surface area contributed by atoms with Crippen LogP contribution in [-0.2, 0) is 4.74 Å². The van der Waals surface area contributed by atoms with E-state index in [0.717, 1.165) is 15.3 Å². The van der Waals surface area contributed by atoms with E-state index in [9.17, 15) is 0 Å². The summed E-state index contributed by atoms with van der Waals surface area (Å²) in [5.74, 6) is 0. The molecule has 1 fully saturated rings. The Bertz CT molecular complexity index is 299. The summed E-state index contributed by atoms with van der Waals surface area (Å²) in [6, 6.07) is 8.45. The van der Waals surface area contributed by atoms with Gasteiger partial charge in [-0.15, -0.1) is 0 Å². The number of hydrogen-bond acceptors (Lipinski definition) is 1. The Morgan fingerprint density at radius 3 is 2.57 bits per heavy atom. The van der Waals surface area contributed by atoms with Crippen molar-refractivity contribution in [1.29, 1.82) is 0 Å². The Hall–Kier alpha value is 0.390. The quantitative estimate of drug-likeness (QED) is 0.565. The van der Waals surface area contributed by atoms with Crippen LogP contribution in [0.15, 0.2) is 28.7 Å². The average molecular weight is 367 g/mol. The molecule has 0 radical (unpaired) electrons. The fourth-order valence-electron chi connectivity index (χ4n) is 1.74. The van der Waals surface area contributed by atoms with E-state index in [4.69, 9.17) is 4.74 Å². The van der Waals surface area contributed by atoms with Crippen LogP contribution in [0.25, 0.3) is 0 Å². The molecule has 3 heteroatoms. The predicted octanol–water partition coefficient (Wildman–Crippen LogP) is 4.10. The maximum atomic E-state index is 5.91. The van der Waals surface area contributed by atoms with Crippen LogP contribution in [0.3, 0.4) is 0 Å². The number of hydrogen-bond donors (Lipinski definition) is 0. The first-order chi connectivity index (χ1) is 6.79. The van der Waals surface area contributed by atoms with Gasteiger partial charge in [0, 0.05) is 8.90 Å². The molecule has 0 N–H and O–H groups in total. The molecule has 0 aliphatic carbocycles. The van der Waals surface area contributed by atoms with Gasteiger partial charge in [-0.3, -0.25) is 0 Å². The third kappa shape index (κ3) is 2.49. The van der Waals surface area contributed by atoms with Crippen molar-refractivity contribution in [2.75, 3.05) is 4.43 Å². The molecule has 1 nitrogen and oxygen atoms in total. The third-order valence-corrected chi connectivity index (χ3v) is 4.03. The van der Waals surface area contributed by atoms with Gasteiger partial charge in [0.2, 0.25) is 0 Å². The molecule has 1 heterocycles. The zero-order valence-electron chi connectivity index (χ0n) is 7.75. The number of benzene rings is 1. The maximum Gasteiger partial charge on any atom is 0.0830 e. The number of halogens is 2. The largest absolute Gasteiger partial charge is 0.370 e. The van der Waals surface area contributed by atoms with E-state index in [1.165, 1.54) is 12.0 Å². The molecule has 0 spiro atoms. The van der Waals surface area contributed by atoms with Gasteiger partial charge >= 0.3 is 0 Å². The Kier molecular flexibility index (Phi) is 3.85. The molecular formula is C11H12BrIO. The first kappa shape index (κ1) is 10.9. The molecule has 0 aromatic heterocycles. The lowest BCUT2D eigenvalue weighted by Gasteiger charge is -2.12. The predicted molar refractivity (Wildman–Crippen MR) is 69.9 cm³/mol. The van der Waals surface area contributed by atoms with E-state index in [1.54, 1.807) is 0 Å². The van der Waals surface area contributed by atoms with Gasteiger partial charge in [-0.1, -0.05) is 50.7 Å². The number of ether oxygens (including phenoxy) is 1. The zero-order chi connectivity index (χ0) is 9.97. The number of rotatable bonds is 2. The molecule has 0 bridgehead atoms. The van der Waals surface area contributed by atoms with Gasteiger partial charge in [0.25, 0.3) is 0 Å². The highest BCUT2D eigenvalue weighted by Crippen LogP contribution is 2.33. The van der Waals surface area contributed by atoms with Crippen LogP contribution >= 0.6 is 38.5 Å². The van der Waals surface area contributed by atoms with Crippen LogP contribution in [0.1, 0.15) is 24.5 Å². The standard InChI is InChI=1S/C11H12BrIO/c12-9-3-1-8(2-4-9)11-6-5-10(7-13)14-11/h1-4,10-11H,5-7H2. The molecule has 2 unspecified atom stereocenters. The lowest BCUT2D eigenvalue weighted by atomic mass is 10.1. The maximum absolute atomic E-state index is 5.91. The molecule has 2 atom stereocenters. The summed E-state index contributed by atoms with van der Waals surface area (Å²) in [5.41, 5.74) is 1.31. The average Bonchev–Trinajstić information content (AvgIpc) is 2.67. The van der Waals surface area contributed by atoms with Crippen LogP contribution in [-0.4, -0.2) is 10.5 Å². The molecule has 1 aliphatic heterocycles. The smallest absolute Gasteiger partial charge is 0.0830 e. The topological polar surface area (TPSA) is 9.23 Å². The highest BCUT2D eigenvalue weighted by molar-refractivity contribution is 14.1. The van der Waals surface area contributed by atoms with E-state index in [1.807, 2.05) is 0 Å². The molecule has 1 aromatic rings. The summed E-state index contributed by atoms with van der Waals surface area (Å²) in [6.07, 6.45) is 3.14. The molecule has 1 aliphatic rings. The molecular weight excluding hydrogens is 355 g/mol. The summed E-state index contributed by atoms with van der Waals surface area (Å²) in [6.45, 7) is 0. The Balaban J connectivity index is 2.06. The van der Waals surface area contributed by atoms with E-state index < -0.39 is 0 Å². The van der Waals surface area contributed by atoms with E-state index >= 15 is 0 Å². The monoisotopic (exact) mass is 366 g/mol. The minimum Gasteiger partial charge on any atom is -0.370 e. The summed E-state index contributed by atoms with van der Waals surface area (Å²) in [5, 5.41) is 0. The SMILES string of the molecule is Brc1ccc(C2CCC(CI)O2)cc1. The van der Waals surface area contributed by atoms with Crippen molar-refractivity contribution in [2.45, 2.75) is 25.0 Å². The second kappa shape index (κ2) is 4.94. The van der Waals surface area contributed by atoms with Gasteiger partial charge in [0.05, 0.1) is 12.2 Å². The summed E-state index contributed by atoms with van der Waals surface area (Å²) in [4.78, 5) is 0. The molecule has 2 rings (SSSR count). The highest BCUT2D eigenvalue weighted by atomic mass is 127. The first-order valence-corrected chi connectivity index (χ1v) is 7.08. The van der Waals surface area contributed by atoms with Crippen LogP contribution in [0.2, 0.25) is 0 Å². The van der Waals surface area contributed by atoms with Crippen molar-refractivity contribution in [3.8, 4) is 0 Å². The fourth-order valence-corrected chi connectivity index (χ4v) is 2.65. The van der Waals surface area contributed by atoms with Gasteiger partial charge in [0.1, 0.15) is 0 Å². The Morgan fingerprint density at radius 2 is 2.00 bits per heavy atom. The summed E-state index contributed by atoms with van der Waals surface area (Å²) >= 11 is 5.83. The Labute approximate surface area is 106 Å². The summed E-state index contributed by atoms with van der Waals surface area (Å²) < 4.78 is 8.14. The van der Waals surface area contributed by atoms with Gasteiger partial charge < -0.3 is 4.74 Å². The fraction of sp³-hybridized carbons (Fsp3) is 0.455. The van der Waals surface area contributed by atoms with Gasteiger partial charge in [-0.2, -0.15) is 0 Å². The second-order valence-electron chi connectivity index (χ2n) is 3.53. The first-order valence-electron chi connectivity index (χ1n) is 4.76. The lowest BCUT2D eigenvalue weighted by Crippen LogP contribution is -2.07. The Morgan fingerprint density at radius 1 is 1.29 bits per heavy atom. The van der Waals surface area contributed by atoms with Crippen LogP contribution in [0, 0.1) is 0 Å². The van der Waals surface area contributed by atoms with Crippen LogP contribution in [0.4, 0.5) is 0 Å². The molecule has 1 aromatic carbocycles. The van der Waals surface area contributed by atoms with Crippen molar-refractivity contribution < 1.29 is 4.74 Å². The van der Waals surface area contributed by atoms with Crippen molar-refractivity contribution in [2.24, 2.45) is 0 Å². The summed E-state index contributed by atoms with van der Waals surface area (Å²) in [7, 11) is 0. The van der Waals surface area contributed by atoms with Crippen molar-refractivity contribution in [3.05, 3.63) is 34.3 Å². The molecule has 0 saturated carbocycles. The van der Waals surface area contributed by atoms with Gasteiger partial charge in [-0.05, 0) is 30.5 Å². The van der Waals surface area contributed by atoms with Crippen LogP contribution < -0.4 is 0 Å².